The maximum absolute atomic E-state index is 14.0. The third kappa shape index (κ3) is 3.40. The number of fused-ring (bicyclic) bond motifs is 1. The second kappa shape index (κ2) is 6.75. The number of likely N-dealkylation sites (tertiary alicyclic amines) is 1. The third-order valence-corrected chi connectivity index (χ3v) is 5.29. The maximum Gasteiger partial charge on any atom is 0.224 e. The number of nitrogens with one attached hydrogen (secondary N) is 1. The van der Waals surface area contributed by atoms with Crippen molar-refractivity contribution in [1.29, 1.82) is 0 Å². The molecule has 6 heteroatoms. The summed E-state index contributed by atoms with van der Waals surface area (Å²) in [6.45, 7) is 5.19. The van der Waals surface area contributed by atoms with Gasteiger partial charge in [0.15, 0.2) is 5.82 Å². The Bertz CT molecular complexity index is 783. The Labute approximate surface area is 147 Å². The molecule has 0 bridgehead atoms. The minimum Gasteiger partial charge on any atom is -0.353 e. The van der Waals surface area contributed by atoms with Gasteiger partial charge in [-0.1, -0.05) is 6.07 Å². The van der Waals surface area contributed by atoms with Crippen molar-refractivity contribution >= 4 is 16.9 Å². The van der Waals surface area contributed by atoms with E-state index in [4.69, 9.17) is 0 Å². The second-order valence-corrected chi connectivity index (χ2v) is 7.24. The Balaban J connectivity index is 1.50. The zero-order valence-corrected chi connectivity index (χ0v) is 14.7. The monoisotopic (exact) mass is 344 g/mol. The summed E-state index contributed by atoms with van der Waals surface area (Å²) in [5.74, 6) is 0.866. The van der Waals surface area contributed by atoms with Gasteiger partial charge in [0, 0.05) is 19.1 Å². The van der Waals surface area contributed by atoms with Gasteiger partial charge in [-0.25, -0.2) is 9.37 Å². The number of benzene rings is 1. The van der Waals surface area contributed by atoms with Crippen LogP contribution in [0.5, 0.6) is 0 Å². The number of rotatable bonds is 5. The van der Waals surface area contributed by atoms with Crippen LogP contribution in [0.3, 0.4) is 0 Å². The highest BCUT2D eigenvalue weighted by Crippen LogP contribution is 2.24. The molecule has 0 unspecified atom stereocenters. The number of aryl methyl sites for hydroxylation is 1. The first-order valence-corrected chi connectivity index (χ1v) is 9.32. The Morgan fingerprint density at radius 2 is 2.20 bits per heavy atom. The average molecular weight is 344 g/mol. The SMILES string of the molecule is CCn1c(CN2CCC[C@@H](C(=O)NC3CC3)C2)nc2c(F)cccc21. The largest absolute Gasteiger partial charge is 0.353 e. The summed E-state index contributed by atoms with van der Waals surface area (Å²) in [5, 5.41) is 3.12. The molecule has 2 heterocycles. The van der Waals surface area contributed by atoms with Gasteiger partial charge in [-0.15, -0.1) is 0 Å². The molecule has 1 aromatic heterocycles. The molecule has 2 aliphatic rings. The number of halogens is 1. The minimum absolute atomic E-state index is 0.0607. The van der Waals surface area contributed by atoms with Crippen LogP contribution in [0.1, 0.15) is 38.4 Å². The highest BCUT2D eigenvalue weighted by atomic mass is 19.1. The highest BCUT2D eigenvalue weighted by molar-refractivity contribution is 5.79. The summed E-state index contributed by atoms with van der Waals surface area (Å²) >= 11 is 0. The molecule has 1 saturated heterocycles. The normalized spacial score (nSPS) is 21.6. The van der Waals surface area contributed by atoms with E-state index in [1.54, 1.807) is 6.07 Å². The first-order chi connectivity index (χ1) is 12.2. The molecule has 5 nitrogen and oxygen atoms in total. The Hall–Kier alpha value is -1.95. The molecule has 0 radical (unpaired) electrons. The molecule has 1 aliphatic heterocycles. The molecule has 4 rings (SSSR count). The number of amides is 1. The maximum atomic E-state index is 14.0. The lowest BCUT2D eigenvalue weighted by atomic mass is 9.97. The first kappa shape index (κ1) is 16.5. The highest BCUT2D eigenvalue weighted by Gasteiger charge is 2.31. The average Bonchev–Trinajstić information content (AvgIpc) is 3.35. The summed E-state index contributed by atoms with van der Waals surface area (Å²) in [5.41, 5.74) is 1.29. The topological polar surface area (TPSA) is 50.2 Å². The number of aromatic nitrogens is 2. The molecule has 1 N–H and O–H groups in total. The fourth-order valence-corrected chi connectivity index (χ4v) is 3.79. The number of para-hydroxylation sites is 1. The lowest BCUT2D eigenvalue weighted by Gasteiger charge is -2.31. The van der Waals surface area contributed by atoms with E-state index in [-0.39, 0.29) is 17.6 Å². The number of hydrogen-bond acceptors (Lipinski definition) is 3. The lowest BCUT2D eigenvalue weighted by molar-refractivity contribution is -0.126. The van der Waals surface area contributed by atoms with Gasteiger partial charge in [0.1, 0.15) is 11.3 Å². The van der Waals surface area contributed by atoms with Crippen molar-refractivity contribution in [3.05, 3.63) is 29.8 Å². The van der Waals surface area contributed by atoms with Crippen LogP contribution in [-0.2, 0) is 17.9 Å². The van der Waals surface area contributed by atoms with E-state index in [0.29, 0.717) is 18.1 Å². The van der Waals surface area contributed by atoms with Gasteiger partial charge in [0.2, 0.25) is 5.91 Å². The minimum atomic E-state index is -0.272. The molecule has 1 amide bonds. The van der Waals surface area contributed by atoms with E-state index < -0.39 is 0 Å². The number of carbonyl (C=O) groups excluding carboxylic acids is 1. The molecular weight excluding hydrogens is 319 g/mol. The van der Waals surface area contributed by atoms with Crippen LogP contribution < -0.4 is 5.32 Å². The molecular formula is C19H25FN4O. The van der Waals surface area contributed by atoms with Crippen molar-refractivity contribution in [2.24, 2.45) is 5.92 Å². The van der Waals surface area contributed by atoms with Gasteiger partial charge in [0.05, 0.1) is 18.0 Å². The quantitative estimate of drug-likeness (QED) is 0.907. The molecule has 1 aliphatic carbocycles. The van der Waals surface area contributed by atoms with Crippen molar-refractivity contribution in [2.45, 2.75) is 51.7 Å². The Kier molecular flexibility index (Phi) is 4.46. The molecule has 0 spiro atoms. The van der Waals surface area contributed by atoms with Crippen LogP contribution >= 0.6 is 0 Å². The van der Waals surface area contributed by atoms with E-state index >= 15 is 0 Å². The van der Waals surface area contributed by atoms with Gasteiger partial charge < -0.3 is 9.88 Å². The van der Waals surface area contributed by atoms with Gasteiger partial charge in [-0.2, -0.15) is 0 Å². The summed E-state index contributed by atoms with van der Waals surface area (Å²) in [4.78, 5) is 19.2. The van der Waals surface area contributed by atoms with Crippen LogP contribution in [-0.4, -0.2) is 39.5 Å². The summed E-state index contributed by atoms with van der Waals surface area (Å²) < 4.78 is 16.1. The summed E-state index contributed by atoms with van der Waals surface area (Å²) in [6, 6.07) is 5.52. The Morgan fingerprint density at radius 3 is 2.96 bits per heavy atom. The molecule has 1 aromatic carbocycles. The lowest BCUT2D eigenvalue weighted by Crippen LogP contribution is -2.43. The fourth-order valence-electron chi connectivity index (χ4n) is 3.79. The number of hydrogen-bond donors (Lipinski definition) is 1. The van der Waals surface area contributed by atoms with Crippen molar-refractivity contribution in [2.75, 3.05) is 13.1 Å². The molecule has 1 saturated carbocycles. The molecule has 1 atom stereocenters. The number of nitrogens with zero attached hydrogens (tertiary/aromatic N) is 3. The van der Waals surface area contributed by atoms with E-state index in [0.717, 1.165) is 56.7 Å². The van der Waals surface area contributed by atoms with Crippen molar-refractivity contribution in [3.8, 4) is 0 Å². The first-order valence-electron chi connectivity index (χ1n) is 9.32. The Morgan fingerprint density at radius 1 is 1.36 bits per heavy atom. The van der Waals surface area contributed by atoms with E-state index in [2.05, 4.69) is 26.7 Å². The predicted octanol–water partition coefficient (Wildman–Crippen LogP) is 2.69. The van der Waals surface area contributed by atoms with Gasteiger partial charge in [0.25, 0.3) is 0 Å². The second-order valence-electron chi connectivity index (χ2n) is 7.24. The summed E-state index contributed by atoms with van der Waals surface area (Å²) in [6.07, 6.45) is 4.21. The predicted molar refractivity (Wildman–Crippen MR) is 94.5 cm³/mol. The number of piperidine rings is 1. The molecule has 2 fully saturated rings. The van der Waals surface area contributed by atoms with Gasteiger partial charge in [-0.05, 0) is 51.3 Å². The zero-order chi connectivity index (χ0) is 17.4. The van der Waals surface area contributed by atoms with Crippen LogP contribution in [0.2, 0.25) is 0 Å². The number of carbonyl (C=O) groups is 1. The smallest absolute Gasteiger partial charge is 0.224 e. The van der Waals surface area contributed by atoms with E-state index in [1.165, 1.54) is 6.07 Å². The van der Waals surface area contributed by atoms with Crippen LogP contribution in [0.4, 0.5) is 4.39 Å². The van der Waals surface area contributed by atoms with Crippen molar-refractivity contribution in [1.82, 2.24) is 19.8 Å². The zero-order valence-electron chi connectivity index (χ0n) is 14.7. The molecule has 25 heavy (non-hydrogen) atoms. The van der Waals surface area contributed by atoms with E-state index in [1.807, 2.05) is 6.07 Å². The van der Waals surface area contributed by atoms with Crippen molar-refractivity contribution < 1.29 is 9.18 Å². The van der Waals surface area contributed by atoms with Crippen molar-refractivity contribution in [3.63, 3.8) is 0 Å². The van der Waals surface area contributed by atoms with Crippen LogP contribution in [0.25, 0.3) is 11.0 Å². The third-order valence-electron chi connectivity index (χ3n) is 5.29. The van der Waals surface area contributed by atoms with E-state index in [9.17, 15) is 9.18 Å². The standard InChI is InChI=1S/C19H25FN4O/c1-2-24-16-7-3-6-15(20)18(16)22-17(24)12-23-10-4-5-13(11-23)19(25)21-14-8-9-14/h3,6-7,13-14H,2,4-5,8-12H2,1H3,(H,21,25)/t13-/m1/s1. The van der Waals surface area contributed by atoms with Crippen LogP contribution in [0, 0.1) is 11.7 Å². The molecule has 2 aromatic rings. The van der Waals surface area contributed by atoms with Crippen LogP contribution in [0.15, 0.2) is 18.2 Å². The van der Waals surface area contributed by atoms with Gasteiger partial charge in [-0.3, -0.25) is 9.69 Å². The van der Waals surface area contributed by atoms with Gasteiger partial charge >= 0.3 is 0 Å². The fraction of sp³-hybridized carbons (Fsp3) is 0.579. The summed E-state index contributed by atoms with van der Waals surface area (Å²) in [7, 11) is 0. The number of imidazole rings is 1. The molecule has 134 valence electrons.